The molecule has 2 nitrogen and oxygen atoms in total. The number of rotatable bonds is 2. The quantitative estimate of drug-likeness (QED) is 0.655. The molecule has 0 unspecified atom stereocenters. The maximum absolute atomic E-state index is 9.41. The van der Waals surface area contributed by atoms with Crippen molar-refractivity contribution in [2.45, 2.75) is 57.3 Å². The van der Waals surface area contributed by atoms with Crippen molar-refractivity contribution in [3.63, 3.8) is 0 Å². The molecule has 14 heavy (non-hydrogen) atoms. The fraction of sp³-hybridized carbons (Fsp3) is 0.909. The summed E-state index contributed by atoms with van der Waals surface area (Å²) >= 11 is 0. The summed E-state index contributed by atoms with van der Waals surface area (Å²) in [5.74, 6) is 0. The van der Waals surface area contributed by atoms with Crippen molar-refractivity contribution in [1.29, 1.82) is 5.26 Å². The van der Waals surface area contributed by atoms with Gasteiger partial charge in [-0.2, -0.15) is 5.26 Å². The van der Waals surface area contributed by atoms with E-state index in [2.05, 4.69) is 37.3 Å². The van der Waals surface area contributed by atoms with E-state index >= 15 is 0 Å². The maximum Gasteiger partial charge on any atom is 0.120 e. The molecule has 1 rings (SSSR count). The van der Waals surface area contributed by atoms with Crippen LogP contribution < -0.4 is 0 Å². The number of nitriles is 1. The van der Waals surface area contributed by atoms with Gasteiger partial charge < -0.3 is 4.57 Å². The van der Waals surface area contributed by atoms with Crippen molar-refractivity contribution in [2.24, 2.45) is 0 Å². The number of hydrogen-bond acceptors (Lipinski definition) is 2. The third-order valence-corrected chi connectivity index (χ3v) is 5.98. The lowest BCUT2D eigenvalue weighted by molar-refractivity contribution is 0.205. The summed E-state index contributed by atoms with van der Waals surface area (Å²) in [6.07, 6.45) is 5.91. The Balaban J connectivity index is 2.84. The first kappa shape index (κ1) is 11.7. The smallest absolute Gasteiger partial charge is 0.120 e. The van der Waals surface area contributed by atoms with Crippen LogP contribution in [0, 0.1) is 11.3 Å². The third-order valence-electron chi connectivity index (χ3n) is 3.54. The molecule has 3 heteroatoms. The van der Waals surface area contributed by atoms with Crippen LogP contribution in [0.25, 0.3) is 0 Å². The van der Waals surface area contributed by atoms with Crippen LogP contribution in [0.15, 0.2) is 0 Å². The van der Waals surface area contributed by atoms with E-state index in [0.717, 1.165) is 12.8 Å². The highest BCUT2D eigenvalue weighted by Gasteiger charge is 2.41. The van der Waals surface area contributed by atoms with Crippen molar-refractivity contribution in [3.8, 4) is 6.07 Å². The van der Waals surface area contributed by atoms with Gasteiger partial charge in [0.2, 0.25) is 0 Å². The van der Waals surface area contributed by atoms with Crippen LogP contribution in [0.5, 0.6) is 0 Å². The second-order valence-electron chi connectivity index (χ2n) is 5.43. The summed E-state index contributed by atoms with van der Waals surface area (Å²) in [6, 6.07) is 2.58. The van der Waals surface area contributed by atoms with Crippen LogP contribution in [-0.2, 0) is 0 Å². The van der Waals surface area contributed by atoms with Gasteiger partial charge >= 0.3 is 0 Å². The average molecular weight is 210 g/mol. The molecule has 0 aliphatic heterocycles. The van der Waals surface area contributed by atoms with E-state index in [0.29, 0.717) is 0 Å². The lowest BCUT2D eigenvalue weighted by Gasteiger charge is -2.45. The van der Waals surface area contributed by atoms with Gasteiger partial charge in [-0.05, 0) is 19.9 Å². The van der Waals surface area contributed by atoms with Crippen molar-refractivity contribution in [1.82, 2.24) is 4.57 Å². The Bertz CT molecular complexity index is 231. The molecule has 1 saturated carbocycles. The predicted molar refractivity (Wildman–Crippen MR) is 62.5 cm³/mol. The summed E-state index contributed by atoms with van der Waals surface area (Å²) in [5.41, 5.74) is -0.136. The van der Waals surface area contributed by atoms with Gasteiger partial charge in [-0.15, -0.1) is 0 Å². The van der Waals surface area contributed by atoms with E-state index in [1.165, 1.54) is 19.3 Å². The van der Waals surface area contributed by atoms with Gasteiger partial charge in [-0.1, -0.05) is 38.9 Å². The van der Waals surface area contributed by atoms with Crippen LogP contribution in [-0.4, -0.2) is 25.4 Å². The molecule has 1 aliphatic rings. The van der Waals surface area contributed by atoms with Gasteiger partial charge in [0.15, 0.2) is 0 Å². The van der Waals surface area contributed by atoms with Gasteiger partial charge in [0.05, 0.1) is 6.07 Å². The molecular formula is C11H22N2Si. The standard InChI is InChI=1S/C11H22N2Si/c1-13(14(2,3)4)11(10-12)8-6-5-7-9-11/h5-9H2,1-4H3. The monoisotopic (exact) mass is 210 g/mol. The predicted octanol–water partition coefficient (Wildman–Crippen LogP) is 2.98. The van der Waals surface area contributed by atoms with E-state index in [1.54, 1.807) is 0 Å². The van der Waals surface area contributed by atoms with Crippen LogP contribution in [0.3, 0.4) is 0 Å². The summed E-state index contributed by atoms with van der Waals surface area (Å²) in [7, 11) is 0.823. The first-order valence-electron chi connectivity index (χ1n) is 5.58. The second kappa shape index (κ2) is 4.04. The molecule has 1 fully saturated rings. The lowest BCUT2D eigenvalue weighted by atomic mass is 9.83. The minimum atomic E-state index is -1.33. The Morgan fingerprint density at radius 1 is 1.14 bits per heavy atom. The van der Waals surface area contributed by atoms with Crippen molar-refractivity contribution in [2.75, 3.05) is 7.05 Å². The lowest BCUT2D eigenvalue weighted by Crippen LogP contribution is -2.57. The van der Waals surface area contributed by atoms with Crippen LogP contribution >= 0.6 is 0 Å². The molecule has 0 heterocycles. The molecule has 0 aromatic heterocycles. The fourth-order valence-corrected chi connectivity index (χ4v) is 3.86. The zero-order valence-corrected chi connectivity index (χ0v) is 10.9. The molecule has 0 bridgehead atoms. The Kier molecular flexibility index (Phi) is 3.39. The molecule has 0 atom stereocenters. The summed E-state index contributed by atoms with van der Waals surface area (Å²) < 4.78 is 2.40. The van der Waals surface area contributed by atoms with E-state index < -0.39 is 8.24 Å². The molecule has 0 aromatic carbocycles. The molecule has 1 aliphatic carbocycles. The largest absolute Gasteiger partial charge is 0.310 e. The molecule has 0 aromatic rings. The minimum Gasteiger partial charge on any atom is -0.310 e. The molecule has 0 radical (unpaired) electrons. The van der Waals surface area contributed by atoms with Crippen LogP contribution in [0.4, 0.5) is 0 Å². The molecular weight excluding hydrogens is 188 g/mol. The van der Waals surface area contributed by atoms with Gasteiger partial charge in [0, 0.05) is 0 Å². The van der Waals surface area contributed by atoms with E-state index in [-0.39, 0.29) is 5.54 Å². The maximum atomic E-state index is 9.41. The Hall–Kier alpha value is -0.333. The van der Waals surface area contributed by atoms with Crippen molar-refractivity contribution in [3.05, 3.63) is 0 Å². The fourth-order valence-electron chi connectivity index (χ4n) is 2.30. The van der Waals surface area contributed by atoms with E-state index in [9.17, 15) is 5.26 Å². The molecule has 0 saturated heterocycles. The van der Waals surface area contributed by atoms with Gasteiger partial charge in [0.25, 0.3) is 0 Å². The number of hydrogen-bond donors (Lipinski definition) is 0. The van der Waals surface area contributed by atoms with E-state index in [1.807, 2.05) is 0 Å². The third kappa shape index (κ3) is 2.18. The topological polar surface area (TPSA) is 27.0 Å². The van der Waals surface area contributed by atoms with Gasteiger partial charge in [-0.3, -0.25) is 0 Å². The molecule has 0 amide bonds. The molecule has 0 spiro atoms. The Morgan fingerprint density at radius 2 is 1.64 bits per heavy atom. The Morgan fingerprint density at radius 3 is 2.00 bits per heavy atom. The minimum absolute atomic E-state index is 0.136. The highest BCUT2D eigenvalue weighted by Crippen LogP contribution is 2.34. The highest BCUT2D eigenvalue weighted by molar-refractivity contribution is 6.73. The number of nitrogens with zero attached hydrogens (tertiary/aromatic N) is 2. The van der Waals surface area contributed by atoms with E-state index in [4.69, 9.17) is 0 Å². The van der Waals surface area contributed by atoms with Crippen LogP contribution in [0.2, 0.25) is 19.6 Å². The average Bonchev–Trinajstić information content (AvgIpc) is 2.16. The second-order valence-corrected chi connectivity index (χ2v) is 10.4. The van der Waals surface area contributed by atoms with Crippen molar-refractivity contribution >= 4 is 8.24 Å². The van der Waals surface area contributed by atoms with Crippen LogP contribution in [0.1, 0.15) is 32.1 Å². The zero-order chi connectivity index (χ0) is 10.8. The Labute approximate surface area is 89.0 Å². The summed E-state index contributed by atoms with van der Waals surface area (Å²) in [6.45, 7) is 6.96. The first-order chi connectivity index (χ1) is 6.42. The normalized spacial score (nSPS) is 22.0. The van der Waals surface area contributed by atoms with Gasteiger partial charge in [-0.25, -0.2) is 0 Å². The summed E-state index contributed by atoms with van der Waals surface area (Å²) in [5, 5.41) is 9.41. The highest BCUT2D eigenvalue weighted by atomic mass is 28.3. The molecule has 0 N–H and O–H groups in total. The summed E-state index contributed by atoms with van der Waals surface area (Å²) in [4.78, 5) is 0. The molecule has 80 valence electrons. The first-order valence-corrected chi connectivity index (χ1v) is 9.02. The SMILES string of the molecule is CN(C1(C#N)CCCCC1)[Si](C)(C)C. The van der Waals surface area contributed by atoms with Crippen molar-refractivity contribution < 1.29 is 0 Å². The van der Waals surface area contributed by atoms with Gasteiger partial charge in [0.1, 0.15) is 13.8 Å². The zero-order valence-electron chi connectivity index (χ0n) is 9.93.